The average molecular weight is 494 g/mol. The Morgan fingerprint density at radius 1 is 0.969 bits per heavy atom. The number of hydrogen-bond donors (Lipinski definition) is 2. The lowest BCUT2D eigenvalue weighted by molar-refractivity contribution is 0.0952. The van der Waals surface area contributed by atoms with Crippen molar-refractivity contribution in [1.29, 1.82) is 0 Å². The van der Waals surface area contributed by atoms with E-state index in [4.69, 9.17) is 4.42 Å². The predicted octanol–water partition coefficient (Wildman–Crippen LogP) is 5.69. The van der Waals surface area contributed by atoms with Crippen LogP contribution in [0.1, 0.15) is 61.8 Å². The summed E-state index contributed by atoms with van der Waals surface area (Å²) in [5.74, 6) is 0.421. The summed E-state index contributed by atoms with van der Waals surface area (Å²) >= 11 is 3.39. The molecule has 0 bridgehead atoms. The van der Waals surface area contributed by atoms with Crippen molar-refractivity contribution in [3.8, 4) is 0 Å². The molecule has 1 aliphatic rings. The number of carbonyl (C=O) groups is 2. The van der Waals surface area contributed by atoms with Crippen molar-refractivity contribution in [2.45, 2.75) is 40.0 Å². The van der Waals surface area contributed by atoms with Crippen molar-refractivity contribution in [1.82, 2.24) is 5.43 Å². The van der Waals surface area contributed by atoms with E-state index in [0.717, 1.165) is 52.3 Å². The molecule has 32 heavy (non-hydrogen) atoms. The number of hydrazone groups is 1. The molecular weight excluding hydrogens is 470 g/mol. The van der Waals surface area contributed by atoms with E-state index in [-0.39, 0.29) is 17.6 Å². The second-order valence-corrected chi connectivity index (χ2v) is 8.74. The molecule has 0 aliphatic heterocycles. The highest BCUT2D eigenvalue weighted by Crippen LogP contribution is 2.31. The number of rotatable bonds is 4. The van der Waals surface area contributed by atoms with E-state index >= 15 is 0 Å². The fraction of sp³-hybridized carbons (Fsp3) is 0.240. The molecule has 2 aromatic carbocycles. The lowest BCUT2D eigenvalue weighted by atomic mass is 9.93. The number of aryl methyl sites for hydroxylation is 2. The van der Waals surface area contributed by atoms with E-state index in [1.54, 1.807) is 12.1 Å². The quantitative estimate of drug-likeness (QED) is 0.457. The van der Waals surface area contributed by atoms with Crippen molar-refractivity contribution in [3.63, 3.8) is 0 Å². The summed E-state index contributed by atoms with van der Waals surface area (Å²) in [6.07, 6.45) is 2.26. The summed E-state index contributed by atoms with van der Waals surface area (Å²) in [5, 5.41) is 7.35. The van der Waals surface area contributed by atoms with E-state index in [2.05, 4.69) is 31.8 Å². The zero-order valence-corrected chi connectivity index (χ0v) is 19.8. The van der Waals surface area contributed by atoms with Crippen molar-refractivity contribution >= 4 is 39.1 Å². The van der Waals surface area contributed by atoms with Crippen LogP contribution < -0.4 is 10.7 Å². The Bertz CT molecular complexity index is 1240. The topological polar surface area (TPSA) is 83.7 Å². The first kappa shape index (κ1) is 22.0. The maximum Gasteiger partial charge on any atom is 0.291 e. The van der Waals surface area contributed by atoms with Crippen LogP contribution in [0, 0.1) is 20.8 Å². The number of anilines is 1. The highest BCUT2D eigenvalue weighted by atomic mass is 79.9. The summed E-state index contributed by atoms with van der Waals surface area (Å²) in [7, 11) is 0. The first-order valence-electron chi connectivity index (χ1n) is 10.5. The van der Waals surface area contributed by atoms with Crippen molar-refractivity contribution in [2.75, 3.05) is 5.32 Å². The summed E-state index contributed by atoms with van der Waals surface area (Å²) in [5.41, 5.74) is 8.31. The Kier molecular flexibility index (Phi) is 6.28. The van der Waals surface area contributed by atoms with Gasteiger partial charge in [-0.3, -0.25) is 9.59 Å². The molecule has 164 valence electrons. The number of carbonyl (C=O) groups excluding carboxylic acids is 2. The fourth-order valence-electron chi connectivity index (χ4n) is 3.89. The zero-order chi connectivity index (χ0) is 22.8. The van der Waals surface area contributed by atoms with Gasteiger partial charge in [-0.15, -0.1) is 0 Å². The van der Waals surface area contributed by atoms with Gasteiger partial charge >= 0.3 is 0 Å². The van der Waals surface area contributed by atoms with E-state index in [1.807, 2.05) is 51.1 Å². The van der Waals surface area contributed by atoms with Crippen LogP contribution in [0.5, 0.6) is 0 Å². The lowest BCUT2D eigenvalue weighted by Crippen LogP contribution is -2.22. The molecule has 0 saturated carbocycles. The molecule has 0 fully saturated rings. The minimum atomic E-state index is -0.300. The minimum Gasteiger partial charge on any atom is -0.455 e. The molecular formula is C25H24BrN3O3. The molecule has 2 N–H and O–H groups in total. The first-order chi connectivity index (χ1) is 15.4. The molecule has 7 heteroatoms. The van der Waals surface area contributed by atoms with Crippen molar-refractivity contribution in [3.05, 3.63) is 86.3 Å². The molecule has 0 radical (unpaired) electrons. The maximum atomic E-state index is 13.0. The second kappa shape index (κ2) is 9.12. The summed E-state index contributed by atoms with van der Waals surface area (Å²) in [6.45, 7) is 5.84. The van der Waals surface area contributed by atoms with Crippen LogP contribution in [-0.4, -0.2) is 17.5 Å². The summed E-state index contributed by atoms with van der Waals surface area (Å²) in [6, 6.07) is 13.0. The fourth-order valence-corrected chi connectivity index (χ4v) is 4.35. The van der Waals surface area contributed by atoms with Gasteiger partial charge < -0.3 is 9.73 Å². The molecule has 0 spiro atoms. The number of fused-ring (bicyclic) bond motifs is 1. The van der Waals surface area contributed by atoms with E-state index < -0.39 is 0 Å². The number of benzene rings is 2. The largest absolute Gasteiger partial charge is 0.455 e. The number of amides is 2. The second-order valence-electron chi connectivity index (χ2n) is 7.89. The smallest absolute Gasteiger partial charge is 0.291 e. The Morgan fingerprint density at radius 3 is 2.53 bits per heavy atom. The van der Waals surface area contributed by atoms with Gasteiger partial charge in [0.25, 0.3) is 11.8 Å². The summed E-state index contributed by atoms with van der Waals surface area (Å²) in [4.78, 5) is 25.5. The SMILES string of the molecule is Cc1cccc(NC(=O)c2oc3c(c2C)/C(=N/NC(=O)c2ccccc2Br)CCC3)c1C. The van der Waals surface area contributed by atoms with Gasteiger partial charge in [0.1, 0.15) is 5.76 Å². The number of nitrogens with zero attached hydrogens (tertiary/aromatic N) is 1. The molecule has 6 nitrogen and oxygen atoms in total. The predicted molar refractivity (Wildman–Crippen MR) is 128 cm³/mol. The van der Waals surface area contributed by atoms with Gasteiger partial charge in [-0.1, -0.05) is 24.3 Å². The first-order valence-corrected chi connectivity index (χ1v) is 11.3. The molecule has 4 rings (SSSR count). The van der Waals surface area contributed by atoms with Gasteiger partial charge in [0.2, 0.25) is 0 Å². The van der Waals surface area contributed by atoms with Crippen LogP contribution in [0.25, 0.3) is 0 Å². The molecule has 3 aromatic rings. The molecule has 0 saturated heterocycles. The third kappa shape index (κ3) is 4.25. The minimum absolute atomic E-state index is 0.280. The highest BCUT2D eigenvalue weighted by Gasteiger charge is 2.28. The molecule has 2 amide bonds. The van der Waals surface area contributed by atoms with Crippen molar-refractivity contribution < 1.29 is 14.0 Å². The Labute approximate surface area is 195 Å². The number of halogens is 1. The molecule has 1 aliphatic carbocycles. The third-order valence-electron chi connectivity index (χ3n) is 5.80. The van der Waals surface area contributed by atoms with Crippen LogP contribution in [0.3, 0.4) is 0 Å². The normalized spacial score (nSPS) is 14.2. The number of hydrogen-bond acceptors (Lipinski definition) is 4. The van der Waals surface area contributed by atoms with Crippen LogP contribution >= 0.6 is 15.9 Å². The van der Waals surface area contributed by atoms with Gasteiger partial charge in [-0.05, 0) is 78.9 Å². The van der Waals surface area contributed by atoms with Crippen LogP contribution in [0.4, 0.5) is 5.69 Å². The van der Waals surface area contributed by atoms with Gasteiger partial charge in [0.15, 0.2) is 5.76 Å². The Balaban J connectivity index is 1.59. The standard InChI is InChI=1S/C25H24BrN3O3/c1-14-8-6-11-19(15(14)2)27-25(31)23-16(3)22-20(12-7-13-21(22)32-23)28-29-24(30)17-9-4-5-10-18(17)26/h4-6,8-11H,7,12-13H2,1-3H3,(H,27,31)(H,29,30)/b28-20+. The number of furan rings is 1. The van der Waals surface area contributed by atoms with Gasteiger partial charge in [-0.25, -0.2) is 5.43 Å². The van der Waals surface area contributed by atoms with Gasteiger partial charge in [0, 0.05) is 27.7 Å². The van der Waals surface area contributed by atoms with Gasteiger partial charge in [0.05, 0.1) is 11.3 Å². The van der Waals surface area contributed by atoms with E-state index in [1.165, 1.54) is 0 Å². The Hall–Kier alpha value is -3.19. The molecule has 1 aromatic heterocycles. The molecule has 0 atom stereocenters. The maximum absolute atomic E-state index is 13.0. The average Bonchev–Trinajstić information content (AvgIpc) is 3.13. The summed E-state index contributed by atoms with van der Waals surface area (Å²) < 4.78 is 6.67. The van der Waals surface area contributed by atoms with Crippen LogP contribution in [0.2, 0.25) is 0 Å². The number of nitrogens with one attached hydrogen (secondary N) is 2. The van der Waals surface area contributed by atoms with Gasteiger partial charge in [-0.2, -0.15) is 5.10 Å². The van der Waals surface area contributed by atoms with E-state index in [9.17, 15) is 9.59 Å². The highest BCUT2D eigenvalue weighted by molar-refractivity contribution is 9.10. The zero-order valence-electron chi connectivity index (χ0n) is 18.2. The third-order valence-corrected chi connectivity index (χ3v) is 6.49. The monoisotopic (exact) mass is 493 g/mol. The van der Waals surface area contributed by atoms with Crippen LogP contribution in [0.15, 0.2) is 56.5 Å². The Morgan fingerprint density at radius 2 is 1.75 bits per heavy atom. The molecule has 0 unspecified atom stereocenters. The van der Waals surface area contributed by atoms with Crippen molar-refractivity contribution in [2.24, 2.45) is 5.10 Å². The van der Waals surface area contributed by atoms with Crippen LogP contribution in [-0.2, 0) is 6.42 Å². The lowest BCUT2D eigenvalue weighted by Gasteiger charge is -2.13. The molecule has 1 heterocycles. The van der Waals surface area contributed by atoms with E-state index in [0.29, 0.717) is 16.5 Å².